The number of hydrogen-bond donors (Lipinski definition) is 2. The minimum atomic E-state index is 0.284. The summed E-state index contributed by atoms with van der Waals surface area (Å²) >= 11 is 0. The molecule has 2 nitrogen and oxygen atoms in total. The third-order valence-corrected chi connectivity index (χ3v) is 3.92. The van der Waals surface area contributed by atoms with Crippen LogP contribution in [0.4, 0.5) is 0 Å². The highest BCUT2D eigenvalue weighted by Crippen LogP contribution is 2.17. The minimum Gasteiger partial charge on any atom is -0.327 e. The van der Waals surface area contributed by atoms with Crippen molar-refractivity contribution in [2.24, 2.45) is 5.73 Å². The lowest BCUT2D eigenvalue weighted by molar-refractivity contribution is 0.361. The Labute approximate surface area is 111 Å². The molecule has 1 aliphatic rings. The molecule has 1 saturated carbocycles. The molecule has 0 radical (unpaired) electrons. The molecule has 0 saturated heterocycles. The van der Waals surface area contributed by atoms with Gasteiger partial charge in [-0.15, -0.1) is 0 Å². The summed E-state index contributed by atoms with van der Waals surface area (Å²) in [7, 11) is 0. The Balaban J connectivity index is 1.61. The van der Waals surface area contributed by atoms with Crippen molar-refractivity contribution in [1.82, 2.24) is 5.32 Å². The van der Waals surface area contributed by atoms with Gasteiger partial charge in [0.1, 0.15) is 0 Å². The number of hydrogen-bond acceptors (Lipinski definition) is 2. The summed E-state index contributed by atoms with van der Waals surface area (Å²) in [5, 5.41) is 3.63. The maximum absolute atomic E-state index is 6.18. The van der Waals surface area contributed by atoms with Crippen molar-refractivity contribution in [2.75, 3.05) is 6.54 Å². The topological polar surface area (TPSA) is 38.0 Å². The molecule has 0 spiro atoms. The minimum absolute atomic E-state index is 0.284. The molecule has 1 atom stereocenters. The fourth-order valence-electron chi connectivity index (χ4n) is 2.72. The van der Waals surface area contributed by atoms with Gasteiger partial charge in [-0.2, -0.15) is 0 Å². The van der Waals surface area contributed by atoms with Crippen molar-refractivity contribution in [1.29, 1.82) is 0 Å². The van der Waals surface area contributed by atoms with Gasteiger partial charge in [0.25, 0.3) is 0 Å². The fraction of sp³-hybridized carbons (Fsp3) is 0.625. The van der Waals surface area contributed by atoms with Crippen LogP contribution in [-0.4, -0.2) is 18.6 Å². The van der Waals surface area contributed by atoms with Crippen molar-refractivity contribution in [2.45, 2.75) is 57.0 Å². The van der Waals surface area contributed by atoms with Crippen LogP contribution in [0.1, 0.15) is 44.1 Å². The van der Waals surface area contributed by atoms with Gasteiger partial charge in [-0.1, -0.05) is 49.6 Å². The van der Waals surface area contributed by atoms with Crippen LogP contribution >= 0.6 is 0 Å². The molecule has 2 rings (SSSR count). The van der Waals surface area contributed by atoms with Gasteiger partial charge < -0.3 is 11.1 Å². The molecule has 1 aromatic rings. The number of nitrogens with one attached hydrogen (secondary N) is 1. The number of rotatable bonds is 6. The first-order chi connectivity index (χ1) is 8.84. The Kier molecular flexibility index (Phi) is 5.69. The van der Waals surface area contributed by atoms with Crippen molar-refractivity contribution in [3.63, 3.8) is 0 Å². The molecule has 3 N–H and O–H groups in total. The predicted molar refractivity (Wildman–Crippen MR) is 77.6 cm³/mol. The molecular formula is C16H26N2. The van der Waals surface area contributed by atoms with Gasteiger partial charge in [-0.05, 0) is 31.2 Å². The number of benzene rings is 1. The van der Waals surface area contributed by atoms with Crippen LogP contribution in [0.25, 0.3) is 0 Å². The monoisotopic (exact) mass is 246 g/mol. The molecule has 0 amide bonds. The first-order valence-corrected chi connectivity index (χ1v) is 7.37. The summed E-state index contributed by atoms with van der Waals surface area (Å²) in [5.41, 5.74) is 7.57. The molecule has 18 heavy (non-hydrogen) atoms. The second-order valence-corrected chi connectivity index (χ2v) is 5.53. The van der Waals surface area contributed by atoms with E-state index in [1.165, 1.54) is 37.7 Å². The lowest BCUT2D eigenvalue weighted by Gasteiger charge is -2.24. The summed E-state index contributed by atoms with van der Waals surface area (Å²) in [6.45, 7) is 0.970. The molecule has 0 aromatic heterocycles. The average Bonchev–Trinajstić information content (AvgIpc) is 2.45. The SMILES string of the molecule is NC(CCc1ccccc1)CNC1CCCCC1. The third kappa shape index (κ3) is 4.79. The van der Waals surface area contributed by atoms with E-state index in [4.69, 9.17) is 5.73 Å². The van der Waals surface area contributed by atoms with Crippen molar-refractivity contribution in [3.05, 3.63) is 35.9 Å². The largest absolute Gasteiger partial charge is 0.327 e. The van der Waals surface area contributed by atoms with Crippen LogP contribution in [0, 0.1) is 0 Å². The zero-order chi connectivity index (χ0) is 12.6. The molecule has 1 unspecified atom stereocenters. The molecule has 1 aliphatic carbocycles. The van der Waals surface area contributed by atoms with Crippen LogP contribution in [0.15, 0.2) is 30.3 Å². The summed E-state index contributed by atoms with van der Waals surface area (Å²) < 4.78 is 0. The van der Waals surface area contributed by atoms with Gasteiger partial charge >= 0.3 is 0 Å². The molecule has 100 valence electrons. The quantitative estimate of drug-likeness (QED) is 0.810. The predicted octanol–water partition coefficient (Wildman–Crippen LogP) is 2.87. The van der Waals surface area contributed by atoms with Gasteiger partial charge in [-0.3, -0.25) is 0 Å². The molecule has 0 aliphatic heterocycles. The van der Waals surface area contributed by atoms with E-state index in [0.29, 0.717) is 0 Å². The first kappa shape index (κ1) is 13.6. The summed E-state index contributed by atoms with van der Waals surface area (Å²) in [4.78, 5) is 0. The van der Waals surface area contributed by atoms with E-state index >= 15 is 0 Å². The second kappa shape index (κ2) is 7.55. The number of nitrogens with two attached hydrogens (primary N) is 1. The van der Waals surface area contributed by atoms with E-state index in [1.54, 1.807) is 0 Å². The van der Waals surface area contributed by atoms with Crippen LogP contribution in [0.2, 0.25) is 0 Å². The maximum atomic E-state index is 6.18. The van der Waals surface area contributed by atoms with E-state index in [0.717, 1.165) is 25.4 Å². The van der Waals surface area contributed by atoms with Crippen LogP contribution < -0.4 is 11.1 Å². The lowest BCUT2D eigenvalue weighted by atomic mass is 9.95. The lowest BCUT2D eigenvalue weighted by Crippen LogP contribution is -2.40. The normalized spacial score (nSPS) is 18.7. The average molecular weight is 246 g/mol. The summed E-state index contributed by atoms with van der Waals surface area (Å²) in [5.74, 6) is 0. The van der Waals surface area contributed by atoms with Gasteiger partial charge in [0.2, 0.25) is 0 Å². The van der Waals surface area contributed by atoms with Crippen LogP contribution in [-0.2, 0) is 6.42 Å². The zero-order valence-electron chi connectivity index (χ0n) is 11.3. The highest BCUT2D eigenvalue weighted by atomic mass is 14.9. The van der Waals surface area contributed by atoms with Crippen LogP contribution in [0.5, 0.6) is 0 Å². The van der Waals surface area contributed by atoms with Crippen molar-refractivity contribution in [3.8, 4) is 0 Å². The van der Waals surface area contributed by atoms with Crippen LogP contribution in [0.3, 0.4) is 0 Å². The van der Waals surface area contributed by atoms with Gasteiger partial charge in [0.05, 0.1) is 0 Å². The Morgan fingerprint density at radius 2 is 1.83 bits per heavy atom. The molecule has 1 fully saturated rings. The zero-order valence-corrected chi connectivity index (χ0v) is 11.3. The van der Waals surface area contributed by atoms with Gasteiger partial charge in [0.15, 0.2) is 0 Å². The Hall–Kier alpha value is -0.860. The standard InChI is InChI=1S/C16H26N2/c17-15(12-11-14-7-3-1-4-8-14)13-18-16-9-5-2-6-10-16/h1,3-4,7-8,15-16,18H,2,5-6,9-13,17H2. The van der Waals surface area contributed by atoms with E-state index in [-0.39, 0.29) is 6.04 Å². The van der Waals surface area contributed by atoms with Gasteiger partial charge in [-0.25, -0.2) is 0 Å². The molecule has 1 aromatic carbocycles. The summed E-state index contributed by atoms with van der Waals surface area (Å²) in [6.07, 6.45) is 9.03. The summed E-state index contributed by atoms with van der Waals surface area (Å²) in [6, 6.07) is 11.6. The van der Waals surface area contributed by atoms with Crippen molar-refractivity contribution < 1.29 is 0 Å². The Morgan fingerprint density at radius 1 is 1.11 bits per heavy atom. The number of aryl methyl sites for hydroxylation is 1. The first-order valence-electron chi connectivity index (χ1n) is 7.37. The maximum Gasteiger partial charge on any atom is 0.0168 e. The van der Waals surface area contributed by atoms with E-state index in [9.17, 15) is 0 Å². The highest BCUT2D eigenvalue weighted by molar-refractivity contribution is 5.14. The van der Waals surface area contributed by atoms with Gasteiger partial charge in [0, 0.05) is 18.6 Å². The fourth-order valence-corrected chi connectivity index (χ4v) is 2.72. The Morgan fingerprint density at radius 3 is 2.56 bits per heavy atom. The molecular weight excluding hydrogens is 220 g/mol. The smallest absolute Gasteiger partial charge is 0.0168 e. The highest BCUT2D eigenvalue weighted by Gasteiger charge is 2.13. The van der Waals surface area contributed by atoms with E-state index < -0.39 is 0 Å². The van der Waals surface area contributed by atoms with E-state index in [1.807, 2.05) is 0 Å². The second-order valence-electron chi connectivity index (χ2n) is 5.53. The van der Waals surface area contributed by atoms with Crippen molar-refractivity contribution >= 4 is 0 Å². The Bertz CT molecular complexity index is 317. The third-order valence-electron chi connectivity index (χ3n) is 3.92. The molecule has 2 heteroatoms. The molecule has 0 heterocycles. The molecule has 0 bridgehead atoms. The van der Waals surface area contributed by atoms with E-state index in [2.05, 4.69) is 35.6 Å².